The summed E-state index contributed by atoms with van der Waals surface area (Å²) in [6, 6.07) is 2.46. The van der Waals surface area contributed by atoms with Crippen molar-refractivity contribution in [3.8, 4) is 11.9 Å². The molecule has 0 fully saturated rings. The Labute approximate surface area is 125 Å². The average molecular weight is 290 g/mol. The van der Waals surface area contributed by atoms with Gasteiger partial charge < -0.3 is 20.5 Å². The molecule has 0 saturated heterocycles. The molecule has 2 heterocycles. The Bertz CT molecular complexity index is 552. The Balaban J connectivity index is 2.07. The second-order valence-electron chi connectivity index (χ2n) is 5.56. The standard InChI is InChI=1S/C15H22N4O2/c1-9(2)18-7-11(20)8-21-15-13(6-16)10(3)12-4-5-17-14(12)19-15/h9,11,18,20H,4-5,7-8H2,1-3H3,(H,17,19). The van der Waals surface area contributed by atoms with Gasteiger partial charge in [0.25, 0.3) is 0 Å². The van der Waals surface area contributed by atoms with E-state index in [1.165, 1.54) is 0 Å². The van der Waals surface area contributed by atoms with Crippen LogP contribution in [0.3, 0.4) is 0 Å². The van der Waals surface area contributed by atoms with Crippen LogP contribution < -0.4 is 15.4 Å². The molecule has 0 amide bonds. The van der Waals surface area contributed by atoms with Gasteiger partial charge in [-0.2, -0.15) is 10.2 Å². The van der Waals surface area contributed by atoms with Crippen molar-refractivity contribution in [1.29, 1.82) is 5.26 Å². The van der Waals surface area contributed by atoms with Gasteiger partial charge in [-0.3, -0.25) is 0 Å². The molecule has 0 radical (unpaired) electrons. The van der Waals surface area contributed by atoms with Crippen LogP contribution in [0, 0.1) is 18.3 Å². The van der Waals surface area contributed by atoms with E-state index < -0.39 is 6.10 Å². The van der Waals surface area contributed by atoms with Crippen LogP contribution in [-0.2, 0) is 6.42 Å². The van der Waals surface area contributed by atoms with Gasteiger partial charge in [0, 0.05) is 24.7 Å². The molecular formula is C15H22N4O2. The summed E-state index contributed by atoms with van der Waals surface area (Å²) < 4.78 is 5.56. The molecule has 21 heavy (non-hydrogen) atoms. The number of nitrogens with zero attached hydrogens (tertiary/aromatic N) is 2. The van der Waals surface area contributed by atoms with E-state index in [0.717, 1.165) is 29.9 Å². The van der Waals surface area contributed by atoms with Crippen molar-refractivity contribution in [3.63, 3.8) is 0 Å². The Morgan fingerprint density at radius 2 is 2.29 bits per heavy atom. The third kappa shape index (κ3) is 3.63. The van der Waals surface area contributed by atoms with E-state index >= 15 is 0 Å². The van der Waals surface area contributed by atoms with Gasteiger partial charge in [0.05, 0.1) is 0 Å². The molecule has 3 N–H and O–H groups in total. The number of pyridine rings is 1. The number of fused-ring (bicyclic) bond motifs is 1. The van der Waals surface area contributed by atoms with E-state index in [9.17, 15) is 10.4 Å². The molecule has 0 bridgehead atoms. The Morgan fingerprint density at radius 1 is 1.52 bits per heavy atom. The van der Waals surface area contributed by atoms with E-state index in [1.54, 1.807) is 0 Å². The summed E-state index contributed by atoms with van der Waals surface area (Å²) >= 11 is 0. The number of anilines is 1. The van der Waals surface area contributed by atoms with E-state index in [0.29, 0.717) is 24.0 Å². The van der Waals surface area contributed by atoms with E-state index in [2.05, 4.69) is 21.7 Å². The summed E-state index contributed by atoms with van der Waals surface area (Å²) in [6.45, 7) is 7.33. The summed E-state index contributed by atoms with van der Waals surface area (Å²) in [5, 5.41) is 25.5. The number of aliphatic hydroxyl groups is 1. The first-order valence-corrected chi connectivity index (χ1v) is 7.24. The normalized spacial score (nSPS) is 14.5. The van der Waals surface area contributed by atoms with Gasteiger partial charge in [0.1, 0.15) is 30.2 Å². The van der Waals surface area contributed by atoms with Crippen LogP contribution in [0.25, 0.3) is 0 Å². The van der Waals surface area contributed by atoms with Crippen molar-refractivity contribution in [2.45, 2.75) is 39.3 Å². The molecule has 0 aliphatic carbocycles. The fourth-order valence-corrected chi connectivity index (χ4v) is 2.31. The number of hydrogen-bond donors (Lipinski definition) is 3. The maximum absolute atomic E-state index is 9.87. The zero-order valence-corrected chi connectivity index (χ0v) is 12.7. The molecule has 0 saturated carbocycles. The summed E-state index contributed by atoms with van der Waals surface area (Å²) in [5.41, 5.74) is 2.46. The van der Waals surface area contributed by atoms with Crippen molar-refractivity contribution >= 4 is 5.82 Å². The molecule has 1 aromatic heterocycles. The Hall–Kier alpha value is -1.84. The van der Waals surface area contributed by atoms with Gasteiger partial charge >= 0.3 is 0 Å². The molecule has 1 aliphatic rings. The molecule has 2 rings (SSSR count). The predicted octanol–water partition coefficient (Wildman–Crippen LogP) is 0.967. The number of aromatic nitrogens is 1. The smallest absolute Gasteiger partial charge is 0.234 e. The second kappa shape index (κ2) is 6.74. The van der Waals surface area contributed by atoms with Crippen molar-refractivity contribution in [2.75, 3.05) is 25.0 Å². The van der Waals surface area contributed by atoms with Crippen LogP contribution in [0.1, 0.15) is 30.5 Å². The highest BCUT2D eigenvalue weighted by atomic mass is 16.5. The van der Waals surface area contributed by atoms with Crippen LogP contribution in [0.2, 0.25) is 0 Å². The van der Waals surface area contributed by atoms with Crippen molar-refractivity contribution in [1.82, 2.24) is 10.3 Å². The first kappa shape index (κ1) is 15.5. The number of rotatable bonds is 6. The van der Waals surface area contributed by atoms with Crippen LogP contribution in [0.4, 0.5) is 5.82 Å². The molecule has 1 aliphatic heterocycles. The molecule has 6 heteroatoms. The van der Waals surface area contributed by atoms with Crippen LogP contribution >= 0.6 is 0 Å². The zero-order chi connectivity index (χ0) is 15.4. The number of nitriles is 1. The minimum atomic E-state index is -0.637. The summed E-state index contributed by atoms with van der Waals surface area (Å²) in [4.78, 5) is 4.36. The molecule has 1 atom stereocenters. The molecule has 6 nitrogen and oxygen atoms in total. The monoisotopic (exact) mass is 290 g/mol. The summed E-state index contributed by atoms with van der Waals surface area (Å²) in [7, 11) is 0. The van der Waals surface area contributed by atoms with Crippen molar-refractivity contribution in [3.05, 3.63) is 16.7 Å². The zero-order valence-electron chi connectivity index (χ0n) is 12.7. The van der Waals surface area contributed by atoms with E-state index in [4.69, 9.17) is 4.74 Å². The first-order valence-electron chi connectivity index (χ1n) is 7.24. The Kier molecular flexibility index (Phi) is 4.99. The highest BCUT2D eigenvalue weighted by Gasteiger charge is 2.21. The second-order valence-corrected chi connectivity index (χ2v) is 5.56. The van der Waals surface area contributed by atoms with Gasteiger partial charge in [-0.1, -0.05) is 13.8 Å². The predicted molar refractivity (Wildman–Crippen MR) is 80.5 cm³/mol. The van der Waals surface area contributed by atoms with Crippen LogP contribution in [0.5, 0.6) is 5.88 Å². The van der Waals surface area contributed by atoms with Crippen LogP contribution in [-0.4, -0.2) is 41.9 Å². The lowest BCUT2D eigenvalue weighted by atomic mass is 10.0. The molecular weight excluding hydrogens is 268 g/mol. The van der Waals surface area contributed by atoms with Gasteiger partial charge in [-0.25, -0.2) is 0 Å². The van der Waals surface area contributed by atoms with Crippen molar-refractivity contribution < 1.29 is 9.84 Å². The summed E-state index contributed by atoms with van der Waals surface area (Å²) in [6.07, 6.45) is 0.242. The lowest BCUT2D eigenvalue weighted by Gasteiger charge is -2.16. The molecule has 0 aromatic carbocycles. The highest BCUT2D eigenvalue weighted by molar-refractivity contribution is 5.61. The quantitative estimate of drug-likeness (QED) is 0.723. The summed E-state index contributed by atoms with van der Waals surface area (Å²) in [5.74, 6) is 1.09. The SMILES string of the molecule is Cc1c(C#N)c(OCC(O)CNC(C)C)nc2c1CCN2. The van der Waals surface area contributed by atoms with Crippen LogP contribution in [0.15, 0.2) is 0 Å². The molecule has 114 valence electrons. The minimum absolute atomic E-state index is 0.111. The third-order valence-corrected chi connectivity index (χ3v) is 3.49. The maximum Gasteiger partial charge on any atom is 0.234 e. The largest absolute Gasteiger partial charge is 0.474 e. The van der Waals surface area contributed by atoms with Gasteiger partial charge in [-0.05, 0) is 18.9 Å². The fraction of sp³-hybridized carbons (Fsp3) is 0.600. The van der Waals surface area contributed by atoms with E-state index in [1.807, 2.05) is 20.8 Å². The van der Waals surface area contributed by atoms with Gasteiger partial charge in [0.15, 0.2) is 0 Å². The van der Waals surface area contributed by atoms with Gasteiger partial charge in [0.2, 0.25) is 5.88 Å². The average Bonchev–Trinajstić information content (AvgIpc) is 2.91. The minimum Gasteiger partial charge on any atom is -0.474 e. The lowest BCUT2D eigenvalue weighted by molar-refractivity contribution is 0.102. The van der Waals surface area contributed by atoms with E-state index in [-0.39, 0.29) is 6.61 Å². The number of nitrogens with one attached hydrogen (secondary N) is 2. The molecule has 1 aromatic rings. The number of ether oxygens (including phenoxy) is 1. The highest BCUT2D eigenvalue weighted by Crippen LogP contribution is 2.31. The van der Waals surface area contributed by atoms with Gasteiger partial charge in [-0.15, -0.1) is 0 Å². The number of aliphatic hydroxyl groups excluding tert-OH is 1. The maximum atomic E-state index is 9.87. The fourth-order valence-electron chi connectivity index (χ4n) is 2.31. The molecule has 0 spiro atoms. The topological polar surface area (TPSA) is 90.2 Å². The number of hydrogen-bond acceptors (Lipinski definition) is 6. The first-order chi connectivity index (χ1) is 10.0. The third-order valence-electron chi connectivity index (χ3n) is 3.49. The lowest BCUT2D eigenvalue weighted by Crippen LogP contribution is -2.35. The van der Waals surface area contributed by atoms with Crippen molar-refractivity contribution in [2.24, 2.45) is 0 Å². The Morgan fingerprint density at radius 3 is 2.95 bits per heavy atom. The molecule has 1 unspecified atom stereocenters.